The van der Waals surface area contributed by atoms with Crippen molar-refractivity contribution in [2.24, 2.45) is 4.99 Å². The Bertz CT molecular complexity index is 1190. The molecule has 2 aromatic heterocycles. The first-order chi connectivity index (χ1) is 13.7. The fraction of sp³-hybridized carbons (Fsp3) is 0.0952. The fourth-order valence-electron chi connectivity index (χ4n) is 3.53. The number of thiophene rings is 1. The Morgan fingerprint density at radius 1 is 1.14 bits per heavy atom. The summed E-state index contributed by atoms with van der Waals surface area (Å²) in [5.74, 6) is -0.455. The van der Waals surface area contributed by atoms with Gasteiger partial charge >= 0.3 is 0 Å². The predicted molar refractivity (Wildman–Crippen MR) is 116 cm³/mol. The Morgan fingerprint density at radius 3 is 2.64 bits per heavy atom. The third kappa shape index (κ3) is 3.39. The van der Waals surface area contributed by atoms with Crippen LogP contribution in [0, 0.1) is 10.1 Å². The molecule has 4 rings (SSSR count). The average Bonchev–Trinajstić information content (AvgIpc) is 3.32. The van der Waals surface area contributed by atoms with E-state index in [9.17, 15) is 10.1 Å². The van der Waals surface area contributed by atoms with E-state index in [0.29, 0.717) is 5.69 Å². The molecule has 0 aliphatic heterocycles. The Kier molecular flexibility index (Phi) is 5.12. The first-order valence-electron chi connectivity index (χ1n) is 8.62. The minimum atomic E-state index is -0.455. The SMILES string of the molecule is O=[N+]([O-])CC(c1sccc1N=C=S)c1c(-c2ccccc2)[nH]c2ccccc12. The van der Waals surface area contributed by atoms with Crippen LogP contribution in [0.1, 0.15) is 16.4 Å². The van der Waals surface area contributed by atoms with Crippen molar-refractivity contribution in [2.75, 3.05) is 6.54 Å². The number of aromatic amines is 1. The van der Waals surface area contributed by atoms with Crippen molar-refractivity contribution in [3.05, 3.63) is 86.6 Å². The second-order valence-corrected chi connectivity index (χ2v) is 7.40. The van der Waals surface area contributed by atoms with Gasteiger partial charge in [0.15, 0.2) is 0 Å². The first kappa shape index (κ1) is 18.3. The molecule has 2 heterocycles. The first-order valence-corrected chi connectivity index (χ1v) is 9.91. The van der Waals surface area contributed by atoms with E-state index in [4.69, 9.17) is 12.2 Å². The maximum atomic E-state index is 11.6. The lowest BCUT2D eigenvalue weighted by molar-refractivity contribution is -0.481. The summed E-state index contributed by atoms with van der Waals surface area (Å²) in [6.45, 7) is -0.234. The topological polar surface area (TPSA) is 71.3 Å². The van der Waals surface area contributed by atoms with E-state index in [1.807, 2.05) is 66.0 Å². The van der Waals surface area contributed by atoms with Gasteiger partial charge in [0.2, 0.25) is 6.54 Å². The molecule has 1 atom stereocenters. The highest BCUT2D eigenvalue weighted by molar-refractivity contribution is 7.78. The highest BCUT2D eigenvalue weighted by atomic mass is 32.1. The van der Waals surface area contributed by atoms with Crippen molar-refractivity contribution in [2.45, 2.75) is 5.92 Å². The maximum absolute atomic E-state index is 11.6. The van der Waals surface area contributed by atoms with Gasteiger partial charge in [-0.25, -0.2) is 0 Å². The van der Waals surface area contributed by atoms with Crippen LogP contribution in [0.5, 0.6) is 0 Å². The molecule has 0 saturated carbocycles. The zero-order valence-corrected chi connectivity index (χ0v) is 16.3. The van der Waals surface area contributed by atoms with Gasteiger partial charge in [-0.2, -0.15) is 4.99 Å². The Labute approximate surface area is 170 Å². The fourth-order valence-corrected chi connectivity index (χ4v) is 4.56. The van der Waals surface area contributed by atoms with Crippen molar-refractivity contribution in [3.8, 4) is 11.3 Å². The number of nitro groups is 1. The number of H-pyrrole nitrogens is 1. The lowest BCUT2D eigenvalue weighted by atomic mass is 9.91. The van der Waals surface area contributed by atoms with Crippen LogP contribution in [0.4, 0.5) is 5.69 Å². The molecular formula is C21H15N3O2S2. The molecule has 0 bridgehead atoms. The molecule has 0 spiro atoms. The van der Waals surface area contributed by atoms with Crippen LogP contribution in [0.15, 0.2) is 71.0 Å². The van der Waals surface area contributed by atoms with Gasteiger partial charge in [-0.15, -0.1) is 11.3 Å². The van der Waals surface area contributed by atoms with Gasteiger partial charge in [-0.3, -0.25) is 10.1 Å². The normalized spacial score (nSPS) is 11.9. The third-order valence-electron chi connectivity index (χ3n) is 4.64. The van der Waals surface area contributed by atoms with Gasteiger partial charge in [-0.05, 0) is 35.3 Å². The molecule has 2 aromatic carbocycles. The quantitative estimate of drug-likeness (QED) is 0.184. The van der Waals surface area contributed by atoms with E-state index in [1.54, 1.807) is 0 Å². The van der Waals surface area contributed by atoms with Crippen LogP contribution in [0.25, 0.3) is 22.2 Å². The molecule has 4 aromatic rings. The standard InChI is InChI=1S/C21H15N3O2S2/c25-24(26)12-16(21-18(22-13-27)10-11-28-21)19-15-8-4-5-9-17(15)23-20(19)14-6-2-1-3-7-14/h1-11,16,23H,12H2. The van der Waals surface area contributed by atoms with Crippen molar-refractivity contribution in [1.29, 1.82) is 0 Å². The zero-order valence-electron chi connectivity index (χ0n) is 14.7. The summed E-state index contributed by atoms with van der Waals surface area (Å²) in [5, 5.41) is 16.8. The number of para-hydroxylation sites is 1. The van der Waals surface area contributed by atoms with Crippen LogP contribution < -0.4 is 0 Å². The average molecular weight is 406 g/mol. The molecule has 0 saturated heterocycles. The number of hydrogen-bond donors (Lipinski definition) is 1. The number of hydrogen-bond acceptors (Lipinski definition) is 5. The highest BCUT2D eigenvalue weighted by Crippen LogP contribution is 2.43. The minimum Gasteiger partial charge on any atom is -0.354 e. The summed E-state index contributed by atoms with van der Waals surface area (Å²) in [4.78, 5) is 19.7. The van der Waals surface area contributed by atoms with Crippen LogP contribution in [0.3, 0.4) is 0 Å². The summed E-state index contributed by atoms with van der Waals surface area (Å²) in [5.41, 5.74) is 4.36. The summed E-state index contributed by atoms with van der Waals surface area (Å²) in [6.07, 6.45) is 0. The smallest absolute Gasteiger partial charge is 0.215 e. The molecule has 0 radical (unpaired) electrons. The van der Waals surface area contributed by atoms with Crippen molar-refractivity contribution in [1.82, 2.24) is 4.98 Å². The Balaban J connectivity index is 2.01. The second-order valence-electron chi connectivity index (χ2n) is 6.27. The molecule has 0 aliphatic rings. The largest absolute Gasteiger partial charge is 0.354 e. The predicted octanol–water partition coefficient (Wildman–Crippen LogP) is 6.04. The van der Waals surface area contributed by atoms with E-state index < -0.39 is 5.92 Å². The molecule has 138 valence electrons. The van der Waals surface area contributed by atoms with Gasteiger partial charge in [0.05, 0.1) is 22.5 Å². The monoisotopic (exact) mass is 405 g/mol. The maximum Gasteiger partial charge on any atom is 0.215 e. The number of rotatable bonds is 6. The lowest BCUT2D eigenvalue weighted by Crippen LogP contribution is -2.13. The summed E-state index contributed by atoms with van der Waals surface area (Å²) in [6, 6.07) is 19.6. The Morgan fingerprint density at radius 2 is 1.89 bits per heavy atom. The number of nitrogens with one attached hydrogen (secondary N) is 1. The number of aliphatic imine (C=N–C) groups is 1. The summed E-state index contributed by atoms with van der Waals surface area (Å²) in [7, 11) is 0. The van der Waals surface area contributed by atoms with Crippen LogP contribution in [-0.2, 0) is 0 Å². The molecule has 1 unspecified atom stereocenters. The molecular weight excluding hydrogens is 390 g/mol. The molecule has 28 heavy (non-hydrogen) atoms. The van der Waals surface area contributed by atoms with E-state index in [1.165, 1.54) is 11.3 Å². The number of benzene rings is 2. The molecule has 0 fully saturated rings. The van der Waals surface area contributed by atoms with Crippen LogP contribution >= 0.6 is 23.6 Å². The zero-order chi connectivity index (χ0) is 19.5. The lowest BCUT2D eigenvalue weighted by Gasteiger charge is -2.15. The molecule has 0 amide bonds. The minimum absolute atomic E-state index is 0.234. The van der Waals surface area contributed by atoms with Gasteiger partial charge < -0.3 is 4.98 Å². The summed E-state index contributed by atoms with van der Waals surface area (Å²) >= 11 is 6.21. The molecule has 1 N–H and O–H groups in total. The van der Waals surface area contributed by atoms with Crippen molar-refractivity contribution < 1.29 is 4.92 Å². The van der Waals surface area contributed by atoms with Gasteiger partial charge in [0.25, 0.3) is 0 Å². The van der Waals surface area contributed by atoms with E-state index >= 15 is 0 Å². The number of thiocarbonyl (C=S) groups is 1. The van der Waals surface area contributed by atoms with Gasteiger partial charge in [0.1, 0.15) is 0 Å². The number of fused-ring (bicyclic) bond motifs is 1. The third-order valence-corrected chi connectivity index (χ3v) is 5.76. The van der Waals surface area contributed by atoms with Crippen LogP contribution in [0.2, 0.25) is 0 Å². The van der Waals surface area contributed by atoms with E-state index in [2.05, 4.69) is 15.1 Å². The van der Waals surface area contributed by atoms with Crippen LogP contribution in [-0.4, -0.2) is 21.6 Å². The second kappa shape index (κ2) is 7.86. The number of isothiocyanates is 1. The van der Waals surface area contributed by atoms with Crippen molar-refractivity contribution in [3.63, 3.8) is 0 Å². The highest BCUT2D eigenvalue weighted by Gasteiger charge is 2.30. The Hall–Kier alpha value is -3.12. The number of aromatic nitrogens is 1. The summed E-state index contributed by atoms with van der Waals surface area (Å²) < 4.78 is 0. The van der Waals surface area contributed by atoms with E-state index in [-0.39, 0.29) is 11.5 Å². The van der Waals surface area contributed by atoms with Gasteiger partial charge in [0, 0.05) is 26.3 Å². The molecule has 0 aliphatic carbocycles. The van der Waals surface area contributed by atoms with E-state index in [0.717, 1.165) is 32.6 Å². The van der Waals surface area contributed by atoms with Gasteiger partial charge in [-0.1, -0.05) is 48.5 Å². The number of nitrogens with zero attached hydrogens (tertiary/aromatic N) is 2. The molecule has 5 nitrogen and oxygen atoms in total. The van der Waals surface area contributed by atoms with Crippen molar-refractivity contribution >= 4 is 45.3 Å². The molecule has 7 heteroatoms.